The number of benzene rings is 2. The highest BCUT2D eigenvalue weighted by atomic mass is 16.2. The Bertz CT molecular complexity index is 1170. The van der Waals surface area contributed by atoms with E-state index in [0.717, 1.165) is 49.7 Å². The number of amides is 2. The first-order chi connectivity index (χ1) is 17.8. The second-order valence-corrected chi connectivity index (χ2v) is 12.7. The van der Waals surface area contributed by atoms with Crippen LogP contribution >= 0.6 is 0 Å². The van der Waals surface area contributed by atoms with E-state index in [-0.39, 0.29) is 34.6 Å². The zero-order chi connectivity index (χ0) is 25.8. The molecule has 2 aromatic rings. The summed E-state index contributed by atoms with van der Waals surface area (Å²) in [6.45, 7) is 6.91. The van der Waals surface area contributed by atoms with Crippen LogP contribution in [0.3, 0.4) is 0 Å². The second-order valence-electron chi connectivity index (χ2n) is 12.7. The van der Waals surface area contributed by atoms with Gasteiger partial charge in [-0.3, -0.25) is 9.59 Å². The highest BCUT2D eigenvalue weighted by Crippen LogP contribution is 2.65. The largest absolute Gasteiger partial charge is 0.349 e. The summed E-state index contributed by atoms with van der Waals surface area (Å²) in [4.78, 5) is 26.2. The Morgan fingerprint density at radius 1 is 0.892 bits per heavy atom. The highest BCUT2D eigenvalue weighted by Gasteiger charge is 2.61. The number of fused-ring (bicyclic) bond motifs is 5. The van der Waals surface area contributed by atoms with Gasteiger partial charge >= 0.3 is 0 Å². The molecule has 2 amide bonds. The molecule has 194 valence electrons. The average Bonchev–Trinajstić information content (AvgIpc) is 3.27. The smallest absolute Gasteiger partial charge is 0.243 e. The summed E-state index contributed by atoms with van der Waals surface area (Å²) in [5.74, 6) is 2.03. The molecule has 1 heterocycles. The van der Waals surface area contributed by atoms with Crippen LogP contribution in [0.4, 0.5) is 0 Å². The van der Waals surface area contributed by atoms with E-state index in [4.69, 9.17) is 0 Å². The summed E-state index contributed by atoms with van der Waals surface area (Å²) < 4.78 is 0. The summed E-state index contributed by atoms with van der Waals surface area (Å²) >= 11 is 0. The second kappa shape index (κ2) is 8.85. The molecule has 3 saturated carbocycles. The molecule has 0 bridgehead atoms. The van der Waals surface area contributed by atoms with Gasteiger partial charge in [0.1, 0.15) is 0 Å². The molecule has 0 radical (unpaired) electrons. The molecule has 4 nitrogen and oxygen atoms in total. The zero-order valence-electron chi connectivity index (χ0n) is 22.4. The quantitative estimate of drug-likeness (QED) is 0.547. The molecule has 2 aromatic carbocycles. The molecule has 2 N–H and O–H groups in total. The van der Waals surface area contributed by atoms with E-state index >= 15 is 0 Å². The van der Waals surface area contributed by atoms with Crippen molar-refractivity contribution >= 4 is 11.8 Å². The van der Waals surface area contributed by atoms with E-state index in [1.165, 1.54) is 0 Å². The minimum absolute atomic E-state index is 0.0182. The van der Waals surface area contributed by atoms with E-state index in [1.54, 1.807) is 6.08 Å². The van der Waals surface area contributed by atoms with Gasteiger partial charge in [0.25, 0.3) is 0 Å². The van der Waals surface area contributed by atoms with E-state index in [0.29, 0.717) is 17.8 Å². The summed E-state index contributed by atoms with van der Waals surface area (Å²) in [5.41, 5.74) is 1.68. The van der Waals surface area contributed by atoms with Crippen molar-refractivity contribution in [2.75, 3.05) is 0 Å². The minimum atomic E-state index is -0.581. The van der Waals surface area contributed by atoms with Gasteiger partial charge in [-0.2, -0.15) is 0 Å². The molecule has 4 heteroatoms. The molecule has 0 saturated heterocycles. The Hall–Kier alpha value is -2.88. The van der Waals surface area contributed by atoms with Gasteiger partial charge in [-0.25, -0.2) is 0 Å². The van der Waals surface area contributed by atoms with Crippen LogP contribution in [0, 0.1) is 34.5 Å². The van der Waals surface area contributed by atoms with Gasteiger partial charge in [-0.05, 0) is 85.8 Å². The molecule has 3 aliphatic carbocycles. The van der Waals surface area contributed by atoms with Crippen LogP contribution in [-0.2, 0) is 15.1 Å². The van der Waals surface area contributed by atoms with Gasteiger partial charge in [-0.1, -0.05) is 80.6 Å². The van der Waals surface area contributed by atoms with Gasteiger partial charge in [0, 0.05) is 17.4 Å². The molecule has 3 fully saturated rings. The fraction of sp³-hybridized carbons (Fsp3) is 0.515. The third-order valence-electron chi connectivity index (χ3n) is 11.1. The van der Waals surface area contributed by atoms with Gasteiger partial charge in [0.2, 0.25) is 11.8 Å². The standard InChI is InChI=1S/C33H40N2O2/c1-31-20-18-26-24(14-17-28-32(26,2)21-19-29(36)34-28)25(31)15-16-27(31)30(37)35-33(3,22-10-6-4-7-11-22)23-12-8-5-9-13-23/h4-13,19,21,24-28H,14-18,20H2,1-3H3,(H,34,36)(H,35,37)/t24-,25-,26-,27+,28+,31-,32+/m0/s1. The molecular formula is C33H40N2O2. The Kier molecular flexibility index (Phi) is 5.85. The maximum Gasteiger partial charge on any atom is 0.243 e. The Labute approximate surface area is 221 Å². The van der Waals surface area contributed by atoms with Gasteiger partial charge < -0.3 is 10.6 Å². The van der Waals surface area contributed by atoms with Gasteiger partial charge in [0.05, 0.1) is 5.54 Å². The number of rotatable bonds is 4. The van der Waals surface area contributed by atoms with Crippen LogP contribution in [0.1, 0.15) is 70.4 Å². The van der Waals surface area contributed by atoms with Gasteiger partial charge in [-0.15, -0.1) is 0 Å². The lowest BCUT2D eigenvalue weighted by molar-refractivity contribution is -0.135. The monoisotopic (exact) mass is 496 g/mol. The predicted molar refractivity (Wildman–Crippen MR) is 146 cm³/mol. The fourth-order valence-corrected chi connectivity index (χ4v) is 8.95. The van der Waals surface area contributed by atoms with Crippen LogP contribution < -0.4 is 10.6 Å². The Morgan fingerprint density at radius 3 is 2.19 bits per heavy atom. The first kappa shape index (κ1) is 24.5. The minimum Gasteiger partial charge on any atom is -0.349 e. The lowest BCUT2D eigenvalue weighted by Gasteiger charge is -2.58. The van der Waals surface area contributed by atoms with Crippen LogP contribution in [0.5, 0.6) is 0 Å². The topological polar surface area (TPSA) is 58.2 Å². The molecule has 0 unspecified atom stereocenters. The number of hydrogen-bond donors (Lipinski definition) is 2. The Morgan fingerprint density at radius 2 is 1.54 bits per heavy atom. The maximum atomic E-state index is 14.2. The fourth-order valence-electron chi connectivity index (χ4n) is 8.95. The van der Waals surface area contributed by atoms with Crippen molar-refractivity contribution in [3.05, 3.63) is 83.9 Å². The third kappa shape index (κ3) is 3.78. The van der Waals surface area contributed by atoms with Crippen LogP contribution in [0.15, 0.2) is 72.8 Å². The zero-order valence-corrected chi connectivity index (χ0v) is 22.4. The van der Waals surface area contributed by atoms with Crippen molar-refractivity contribution in [3.8, 4) is 0 Å². The molecule has 6 rings (SSSR count). The molecule has 7 atom stereocenters. The van der Waals surface area contributed by atoms with Crippen molar-refractivity contribution in [3.63, 3.8) is 0 Å². The number of hydrogen-bond acceptors (Lipinski definition) is 2. The predicted octanol–water partition coefficient (Wildman–Crippen LogP) is 5.98. The van der Waals surface area contributed by atoms with Crippen molar-refractivity contribution < 1.29 is 9.59 Å². The van der Waals surface area contributed by atoms with Crippen molar-refractivity contribution in [2.45, 2.75) is 70.9 Å². The van der Waals surface area contributed by atoms with Crippen LogP contribution in [-0.4, -0.2) is 17.9 Å². The SMILES string of the molecule is CC(NC(=O)[C@H]1CC[C@H]2[C@@H]3CC[C@H]4NC(=O)C=C[C@]4(C)[C@H]3CC[C@]12C)(c1ccccc1)c1ccccc1. The molecule has 0 aromatic heterocycles. The van der Waals surface area contributed by atoms with E-state index < -0.39 is 5.54 Å². The van der Waals surface area contributed by atoms with Gasteiger partial charge in [0.15, 0.2) is 0 Å². The summed E-state index contributed by atoms with van der Waals surface area (Å²) in [5, 5.41) is 6.81. The van der Waals surface area contributed by atoms with Crippen molar-refractivity contribution in [1.29, 1.82) is 0 Å². The summed E-state index contributed by atoms with van der Waals surface area (Å²) in [6.07, 6.45) is 10.4. The highest BCUT2D eigenvalue weighted by molar-refractivity contribution is 5.89. The molecule has 0 spiro atoms. The van der Waals surface area contributed by atoms with Crippen LogP contribution in [0.2, 0.25) is 0 Å². The van der Waals surface area contributed by atoms with E-state index in [2.05, 4.69) is 86.0 Å². The van der Waals surface area contributed by atoms with E-state index in [1.807, 2.05) is 12.1 Å². The van der Waals surface area contributed by atoms with E-state index in [9.17, 15) is 9.59 Å². The lowest BCUT2D eigenvalue weighted by atomic mass is 9.48. The first-order valence-corrected chi connectivity index (χ1v) is 14.2. The lowest BCUT2D eigenvalue weighted by Crippen LogP contribution is -2.59. The molecule has 1 aliphatic heterocycles. The number of nitrogens with one attached hydrogen (secondary N) is 2. The number of carbonyl (C=O) groups is 2. The van der Waals surface area contributed by atoms with Crippen LogP contribution in [0.25, 0.3) is 0 Å². The summed E-state index contributed by atoms with van der Waals surface area (Å²) in [7, 11) is 0. The third-order valence-corrected chi connectivity index (χ3v) is 11.1. The normalized spacial score (nSPS) is 36.6. The molecular weight excluding hydrogens is 456 g/mol. The summed E-state index contributed by atoms with van der Waals surface area (Å²) in [6, 6.07) is 21.0. The van der Waals surface area contributed by atoms with Crippen molar-refractivity contribution in [1.82, 2.24) is 10.6 Å². The average molecular weight is 497 g/mol. The number of carbonyl (C=O) groups excluding carboxylic acids is 2. The maximum absolute atomic E-state index is 14.2. The van der Waals surface area contributed by atoms with Crippen molar-refractivity contribution in [2.24, 2.45) is 34.5 Å². The molecule has 37 heavy (non-hydrogen) atoms. The molecule has 4 aliphatic rings. The first-order valence-electron chi connectivity index (χ1n) is 14.2. The Balaban J connectivity index is 1.27.